The highest BCUT2D eigenvalue weighted by Crippen LogP contribution is 2.23. The number of carbonyl (C=O) groups excluding carboxylic acids is 1. The summed E-state index contributed by atoms with van der Waals surface area (Å²) in [6.45, 7) is 3.21. The lowest BCUT2D eigenvalue weighted by molar-refractivity contribution is -0.125. The number of likely N-dealkylation sites (tertiary alicyclic amines) is 1. The Labute approximate surface area is 91.2 Å². The Kier molecular flexibility index (Phi) is 3.59. The molecule has 0 radical (unpaired) electrons. The second-order valence-electron chi connectivity index (χ2n) is 4.63. The zero-order chi connectivity index (χ0) is 10.7. The third-order valence-corrected chi connectivity index (χ3v) is 3.65. The van der Waals surface area contributed by atoms with Crippen molar-refractivity contribution in [3.8, 4) is 0 Å². The van der Waals surface area contributed by atoms with Gasteiger partial charge in [-0.05, 0) is 45.3 Å². The van der Waals surface area contributed by atoms with Gasteiger partial charge in [-0.1, -0.05) is 6.42 Å². The van der Waals surface area contributed by atoms with Gasteiger partial charge in [-0.15, -0.1) is 0 Å². The normalized spacial score (nSPS) is 30.3. The summed E-state index contributed by atoms with van der Waals surface area (Å²) in [5, 5.41) is 3.36. The standard InChI is InChI=1S/C11H21N3O/c12-11(15)10-3-1-2-8-14(10)9-4-6-13-7-5-9/h9-10,13H,1-8H2,(H2,12,15). The lowest BCUT2D eigenvalue weighted by Gasteiger charge is -2.41. The van der Waals surface area contributed by atoms with Gasteiger partial charge in [-0.3, -0.25) is 9.69 Å². The van der Waals surface area contributed by atoms with Gasteiger partial charge in [0.15, 0.2) is 0 Å². The fraction of sp³-hybridized carbons (Fsp3) is 0.909. The molecule has 2 rings (SSSR count). The van der Waals surface area contributed by atoms with Crippen LogP contribution in [0.25, 0.3) is 0 Å². The van der Waals surface area contributed by atoms with Crippen molar-refractivity contribution in [2.75, 3.05) is 19.6 Å². The van der Waals surface area contributed by atoms with Crippen LogP contribution in [-0.2, 0) is 4.79 Å². The molecule has 2 saturated heterocycles. The molecule has 0 spiro atoms. The van der Waals surface area contributed by atoms with Crippen molar-refractivity contribution in [1.29, 1.82) is 0 Å². The topological polar surface area (TPSA) is 58.4 Å². The predicted octanol–water partition coefficient (Wildman–Crippen LogP) is 0.0782. The maximum Gasteiger partial charge on any atom is 0.234 e. The second kappa shape index (κ2) is 4.94. The van der Waals surface area contributed by atoms with Gasteiger partial charge in [0, 0.05) is 6.04 Å². The molecule has 2 aliphatic rings. The molecule has 2 heterocycles. The summed E-state index contributed by atoms with van der Waals surface area (Å²) >= 11 is 0. The minimum atomic E-state index is -0.131. The molecule has 2 fully saturated rings. The fourth-order valence-electron chi connectivity index (χ4n) is 2.83. The van der Waals surface area contributed by atoms with Crippen molar-refractivity contribution in [3.63, 3.8) is 0 Å². The Bertz CT molecular complexity index is 226. The zero-order valence-corrected chi connectivity index (χ0v) is 9.24. The number of primary amides is 1. The Morgan fingerprint density at radius 2 is 1.93 bits per heavy atom. The molecule has 2 aliphatic heterocycles. The van der Waals surface area contributed by atoms with Crippen LogP contribution in [0, 0.1) is 0 Å². The molecular weight excluding hydrogens is 190 g/mol. The molecule has 0 aromatic heterocycles. The lowest BCUT2D eigenvalue weighted by atomic mass is 9.95. The lowest BCUT2D eigenvalue weighted by Crippen LogP contribution is -2.54. The van der Waals surface area contributed by atoms with Crippen LogP contribution in [0.2, 0.25) is 0 Å². The highest BCUT2D eigenvalue weighted by molar-refractivity contribution is 5.80. The SMILES string of the molecule is NC(=O)C1CCCCN1C1CCNCC1. The van der Waals surface area contributed by atoms with E-state index in [9.17, 15) is 4.79 Å². The number of rotatable bonds is 2. The molecule has 1 atom stereocenters. The Balaban J connectivity index is 1.99. The van der Waals surface area contributed by atoms with Gasteiger partial charge < -0.3 is 11.1 Å². The molecule has 3 N–H and O–H groups in total. The van der Waals surface area contributed by atoms with E-state index in [1.165, 1.54) is 6.42 Å². The van der Waals surface area contributed by atoms with E-state index < -0.39 is 0 Å². The van der Waals surface area contributed by atoms with Crippen molar-refractivity contribution in [1.82, 2.24) is 10.2 Å². The van der Waals surface area contributed by atoms with E-state index in [1.54, 1.807) is 0 Å². The summed E-state index contributed by atoms with van der Waals surface area (Å²) in [7, 11) is 0. The summed E-state index contributed by atoms with van der Waals surface area (Å²) in [5.74, 6) is -0.131. The van der Waals surface area contributed by atoms with Gasteiger partial charge in [-0.25, -0.2) is 0 Å². The summed E-state index contributed by atoms with van der Waals surface area (Å²) in [4.78, 5) is 13.7. The van der Waals surface area contributed by atoms with Crippen molar-refractivity contribution >= 4 is 5.91 Å². The van der Waals surface area contributed by atoms with Gasteiger partial charge >= 0.3 is 0 Å². The molecule has 0 aliphatic carbocycles. The van der Waals surface area contributed by atoms with E-state index in [2.05, 4.69) is 10.2 Å². The van der Waals surface area contributed by atoms with Gasteiger partial charge in [-0.2, -0.15) is 0 Å². The fourth-order valence-corrected chi connectivity index (χ4v) is 2.83. The van der Waals surface area contributed by atoms with Crippen LogP contribution in [0.5, 0.6) is 0 Å². The predicted molar refractivity (Wildman–Crippen MR) is 59.4 cm³/mol. The van der Waals surface area contributed by atoms with E-state index in [1.807, 2.05) is 0 Å². The van der Waals surface area contributed by atoms with Crippen molar-refractivity contribution in [2.24, 2.45) is 5.73 Å². The minimum Gasteiger partial charge on any atom is -0.368 e. The molecule has 86 valence electrons. The molecule has 1 amide bonds. The van der Waals surface area contributed by atoms with Crippen LogP contribution in [0.3, 0.4) is 0 Å². The van der Waals surface area contributed by atoms with E-state index in [4.69, 9.17) is 5.73 Å². The summed E-state index contributed by atoms with van der Waals surface area (Å²) in [6.07, 6.45) is 5.63. The Hall–Kier alpha value is -0.610. The van der Waals surface area contributed by atoms with E-state index >= 15 is 0 Å². The zero-order valence-electron chi connectivity index (χ0n) is 9.24. The number of hydrogen-bond donors (Lipinski definition) is 2. The summed E-state index contributed by atoms with van der Waals surface area (Å²) in [5.41, 5.74) is 5.47. The van der Waals surface area contributed by atoms with Crippen molar-refractivity contribution in [3.05, 3.63) is 0 Å². The molecule has 0 bridgehead atoms. The number of piperidine rings is 2. The molecule has 0 aromatic carbocycles. The highest BCUT2D eigenvalue weighted by Gasteiger charge is 2.32. The average Bonchev–Trinajstić information content (AvgIpc) is 2.30. The number of hydrogen-bond acceptors (Lipinski definition) is 3. The smallest absolute Gasteiger partial charge is 0.234 e. The molecule has 4 heteroatoms. The molecule has 15 heavy (non-hydrogen) atoms. The quantitative estimate of drug-likeness (QED) is 0.680. The van der Waals surface area contributed by atoms with Gasteiger partial charge in [0.1, 0.15) is 0 Å². The van der Waals surface area contributed by atoms with Crippen molar-refractivity contribution in [2.45, 2.75) is 44.2 Å². The van der Waals surface area contributed by atoms with Crippen LogP contribution in [-0.4, -0.2) is 42.5 Å². The van der Waals surface area contributed by atoms with E-state index in [0.717, 1.165) is 45.3 Å². The first kappa shape index (κ1) is 10.9. The number of nitrogens with zero attached hydrogens (tertiary/aromatic N) is 1. The molecule has 0 saturated carbocycles. The molecule has 0 aromatic rings. The number of nitrogens with two attached hydrogens (primary N) is 1. The number of nitrogens with one attached hydrogen (secondary N) is 1. The van der Waals surface area contributed by atoms with Crippen LogP contribution in [0.15, 0.2) is 0 Å². The van der Waals surface area contributed by atoms with Crippen molar-refractivity contribution < 1.29 is 4.79 Å². The Morgan fingerprint density at radius 3 is 2.60 bits per heavy atom. The van der Waals surface area contributed by atoms with E-state index in [0.29, 0.717) is 6.04 Å². The van der Waals surface area contributed by atoms with Gasteiger partial charge in [0.05, 0.1) is 6.04 Å². The first-order valence-electron chi connectivity index (χ1n) is 6.05. The van der Waals surface area contributed by atoms with Gasteiger partial charge in [0.2, 0.25) is 5.91 Å². The first-order chi connectivity index (χ1) is 7.29. The monoisotopic (exact) mass is 211 g/mol. The number of amides is 1. The van der Waals surface area contributed by atoms with Crippen LogP contribution in [0.4, 0.5) is 0 Å². The molecule has 1 unspecified atom stereocenters. The second-order valence-corrected chi connectivity index (χ2v) is 4.63. The molecule has 4 nitrogen and oxygen atoms in total. The maximum atomic E-state index is 11.4. The average molecular weight is 211 g/mol. The summed E-state index contributed by atoms with van der Waals surface area (Å²) < 4.78 is 0. The van der Waals surface area contributed by atoms with Crippen LogP contribution in [0.1, 0.15) is 32.1 Å². The highest BCUT2D eigenvalue weighted by atomic mass is 16.1. The minimum absolute atomic E-state index is 0.00171. The maximum absolute atomic E-state index is 11.4. The van der Waals surface area contributed by atoms with Gasteiger partial charge in [0.25, 0.3) is 0 Å². The third-order valence-electron chi connectivity index (χ3n) is 3.65. The van der Waals surface area contributed by atoms with Crippen LogP contribution < -0.4 is 11.1 Å². The third kappa shape index (κ3) is 2.49. The summed E-state index contributed by atoms with van der Waals surface area (Å²) in [6, 6.07) is 0.575. The largest absolute Gasteiger partial charge is 0.368 e. The Morgan fingerprint density at radius 1 is 1.20 bits per heavy atom. The first-order valence-corrected chi connectivity index (χ1v) is 6.05. The molecular formula is C11H21N3O. The van der Waals surface area contributed by atoms with Crippen LogP contribution >= 0.6 is 0 Å². The van der Waals surface area contributed by atoms with E-state index in [-0.39, 0.29) is 11.9 Å². The number of carbonyl (C=O) groups is 1.